The van der Waals surface area contributed by atoms with Gasteiger partial charge in [0.05, 0.1) is 23.6 Å². The summed E-state index contributed by atoms with van der Waals surface area (Å²) >= 11 is 0. The first-order valence-electron chi connectivity index (χ1n) is 6.00. The zero-order valence-electron chi connectivity index (χ0n) is 11.1. The Balaban J connectivity index is 2.13. The minimum atomic E-state index is -1.07. The molecule has 0 spiro atoms. The van der Waals surface area contributed by atoms with Crippen LogP contribution in [0.25, 0.3) is 0 Å². The number of anilines is 1. The number of nitro groups is 1. The summed E-state index contributed by atoms with van der Waals surface area (Å²) in [5.74, 6) is -0.924. The molecule has 1 N–H and O–H groups in total. The molecule has 0 saturated carbocycles. The first-order valence-corrected chi connectivity index (χ1v) is 6.00. The Morgan fingerprint density at radius 3 is 2.90 bits per heavy atom. The van der Waals surface area contributed by atoms with Crippen molar-refractivity contribution in [3.8, 4) is 6.07 Å². The Hall–Kier alpha value is -2.73. The number of pyridine rings is 1. The molecular formula is C12H12N4O5. The van der Waals surface area contributed by atoms with Crippen LogP contribution in [0.15, 0.2) is 12.3 Å². The Morgan fingerprint density at radius 1 is 1.71 bits per heavy atom. The van der Waals surface area contributed by atoms with E-state index in [-0.39, 0.29) is 17.1 Å². The molecule has 0 bridgehead atoms. The van der Waals surface area contributed by atoms with Gasteiger partial charge in [0.2, 0.25) is 5.82 Å². The minimum Gasteiger partial charge on any atom is -0.480 e. The predicted molar refractivity (Wildman–Crippen MR) is 69.8 cm³/mol. The van der Waals surface area contributed by atoms with Gasteiger partial charge in [-0.3, -0.25) is 10.1 Å². The average molecular weight is 292 g/mol. The molecule has 1 aromatic heterocycles. The summed E-state index contributed by atoms with van der Waals surface area (Å²) < 4.78 is 5.23. The summed E-state index contributed by atoms with van der Waals surface area (Å²) in [6.45, 7) is 1.88. The van der Waals surface area contributed by atoms with Crippen LogP contribution in [-0.4, -0.2) is 46.3 Å². The van der Waals surface area contributed by atoms with E-state index in [1.807, 2.05) is 0 Å². The van der Waals surface area contributed by atoms with Crippen LogP contribution in [0.4, 0.5) is 11.5 Å². The first kappa shape index (κ1) is 14.7. The van der Waals surface area contributed by atoms with Gasteiger partial charge in [-0.15, -0.1) is 0 Å². The van der Waals surface area contributed by atoms with Crippen molar-refractivity contribution in [2.24, 2.45) is 0 Å². The quantitative estimate of drug-likeness (QED) is 0.614. The van der Waals surface area contributed by atoms with Crippen molar-refractivity contribution in [3.05, 3.63) is 27.9 Å². The summed E-state index contributed by atoms with van der Waals surface area (Å²) in [6, 6.07) is 2.96. The van der Waals surface area contributed by atoms with Crippen LogP contribution in [0.1, 0.15) is 12.5 Å². The molecule has 1 aromatic rings. The SMILES string of the molecule is CC1(OCC(=O)O)CN(c2ncc(C#N)cc2[N+](=O)[O-])C1. The standard InChI is InChI=1S/C12H12N4O5/c1-12(21-5-10(17)18)6-15(7-12)11-9(16(19)20)2-8(3-13)4-14-11/h2,4H,5-7H2,1H3,(H,17,18). The van der Waals surface area contributed by atoms with Crippen LogP contribution in [-0.2, 0) is 9.53 Å². The lowest BCUT2D eigenvalue weighted by atomic mass is 9.96. The normalized spacial score (nSPS) is 15.9. The fraction of sp³-hybridized carbons (Fsp3) is 0.417. The van der Waals surface area contributed by atoms with Gasteiger partial charge in [0.1, 0.15) is 18.3 Å². The number of carboxylic acids is 1. The van der Waals surface area contributed by atoms with E-state index in [4.69, 9.17) is 15.1 Å². The van der Waals surface area contributed by atoms with E-state index in [9.17, 15) is 14.9 Å². The molecule has 1 saturated heterocycles. The number of carbonyl (C=O) groups is 1. The summed E-state index contributed by atoms with van der Waals surface area (Å²) in [6.07, 6.45) is 1.26. The fourth-order valence-electron chi connectivity index (χ4n) is 2.12. The molecule has 9 heteroatoms. The largest absolute Gasteiger partial charge is 0.480 e. The molecule has 110 valence electrons. The third kappa shape index (κ3) is 3.06. The fourth-order valence-corrected chi connectivity index (χ4v) is 2.12. The maximum absolute atomic E-state index is 11.0. The molecule has 21 heavy (non-hydrogen) atoms. The van der Waals surface area contributed by atoms with Gasteiger partial charge in [-0.1, -0.05) is 0 Å². The molecule has 0 atom stereocenters. The van der Waals surface area contributed by atoms with Gasteiger partial charge in [0.25, 0.3) is 0 Å². The molecular weight excluding hydrogens is 280 g/mol. The Kier molecular flexibility index (Phi) is 3.73. The molecule has 0 unspecified atom stereocenters. The van der Waals surface area contributed by atoms with Gasteiger partial charge >= 0.3 is 11.7 Å². The van der Waals surface area contributed by atoms with Crippen LogP contribution in [0.5, 0.6) is 0 Å². The second-order valence-corrected chi connectivity index (χ2v) is 4.92. The number of nitrogens with zero attached hydrogens (tertiary/aromatic N) is 4. The Morgan fingerprint density at radius 2 is 2.38 bits per heavy atom. The monoisotopic (exact) mass is 292 g/mol. The highest BCUT2D eigenvalue weighted by atomic mass is 16.6. The lowest BCUT2D eigenvalue weighted by molar-refractivity contribution is -0.384. The van der Waals surface area contributed by atoms with Gasteiger partial charge < -0.3 is 14.7 Å². The number of nitriles is 1. The van der Waals surface area contributed by atoms with E-state index in [2.05, 4.69) is 4.98 Å². The average Bonchev–Trinajstić information content (AvgIpc) is 2.41. The number of aliphatic carboxylic acids is 1. The van der Waals surface area contributed by atoms with Gasteiger partial charge in [-0.05, 0) is 6.92 Å². The Bertz CT molecular complexity index is 633. The lowest BCUT2D eigenvalue weighted by Gasteiger charge is -2.47. The Labute approximate surface area is 119 Å². The van der Waals surface area contributed by atoms with Crippen molar-refractivity contribution in [2.45, 2.75) is 12.5 Å². The van der Waals surface area contributed by atoms with Crippen molar-refractivity contribution in [1.29, 1.82) is 5.26 Å². The van der Waals surface area contributed by atoms with Crippen LogP contribution < -0.4 is 4.90 Å². The van der Waals surface area contributed by atoms with Crippen LogP contribution >= 0.6 is 0 Å². The van der Waals surface area contributed by atoms with Crippen molar-refractivity contribution < 1.29 is 19.6 Å². The number of aromatic nitrogens is 1. The van der Waals surface area contributed by atoms with E-state index in [1.165, 1.54) is 6.20 Å². The maximum atomic E-state index is 11.0. The predicted octanol–water partition coefficient (Wildman–Crippen LogP) is 0.541. The van der Waals surface area contributed by atoms with E-state index >= 15 is 0 Å². The van der Waals surface area contributed by atoms with Gasteiger partial charge in [-0.25, -0.2) is 9.78 Å². The van der Waals surface area contributed by atoms with Crippen molar-refractivity contribution in [2.75, 3.05) is 24.6 Å². The molecule has 0 radical (unpaired) electrons. The number of hydrogen-bond acceptors (Lipinski definition) is 7. The first-order chi connectivity index (χ1) is 9.84. The topological polar surface area (TPSA) is 130 Å². The zero-order valence-corrected chi connectivity index (χ0v) is 11.1. The van der Waals surface area contributed by atoms with Crippen LogP contribution in [0.2, 0.25) is 0 Å². The molecule has 2 rings (SSSR count). The lowest BCUT2D eigenvalue weighted by Crippen LogP contribution is -2.62. The minimum absolute atomic E-state index is 0.107. The molecule has 9 nitrogen and oxygen atoms in total. The van der Waals surface area contributed by atoms with Crippen molar-refractivity contribution >= 4 is 17.5 Å². The summed E-state index contributed by atoms with van der Waals surface area (Å²) in [7, 11) is 0. The van der Waals surface area contributed by atoms with Gasteiger partial charge in [-0.2, -0.15) is 5.26 Å². The number of rotatable bonds is 5. The summed E-state index contributed by atoms with van der Waals surface area (Å²) in [5.41, 5.74) is -0.827. The van der Waals surface area contributed by atoms with Gasteiger partial charge in [0, 0.05) is 12.3 Å². The number of carboxylic acid groups (broad SMARTS) is 1. The van der Waals surface area contributed by atoms with Crippen LogP contribution in [0, 0.1) is 21.4 Å². The van der Waals surface area contributed by atoms with Crippen molar-refractivity contribution in [1.82, 2.24) is 4.98 Å². The molecule has 0 aromatic carbocycles. The molecule has 0 aliphatic carbocycles. The van der Waals surface area contributed by atoms with E-state index in [0.29, 0.717) is 13.1 Å². The van der Waals surface area contributed by atoms with E-state index in [1.54, 1.807) is 17.9 Å². The molecule has 1 fully saturated rings. The molecule has 1 aliphatic heterocycles. The highest BCUT2D eigenvalue weighted by molar-refractivity contribution is 5.68. The van der Waals surface area contributed by atoms with Gasteiger partial charge in [0.15, 0.2) is 0 Å². The second-order valence-electron chi connectivity index (χ2n) is 4.92. The van der Waals surface area contributed by atoms with E-state index < -0.39 is 23.1 Å². The third-order valence-electron chi connectivity index (χ3n) is 3.07. The third-order valence-corrected chi connectivity index (χ3v) is 3.07. The smallest absolute Gasteiger partial charge is 0.329 e. The van der Waals surface area contributed by atoms with Crippen molar-refractivity contribution in [3.63, 3.8) is 0 Å². The summed E-state index contributed by atoms with van der Waals surface area (Å²) in [4.78, 5) is 26.5. The second kappa shape index (κ2) is 5.34. The molecule has 2 heterocycles. The summed E-state index contributed by atoms with van der Waals surface area (Å²) in [5, 5.41) is 28.4. The van der Waals surface area contributed by atoms with E-state index in [0.717, 1.165) is 6.07 Å². The maximum Gasteiger partial charge on any atom is 0.329 e. The highest BCUT2D eigenvalue weighted by Gasteiger charge is 2.43. The number of ether oxygens (including phenoxy) is 1. The highest BCUT2D eigenvalue weighted by Crippen LogP contribution is 2.34. The number of hydrogen-bond donors (Lipinski definition) is 1. The van der Waals surface area contributed by atoms with Crippen LogP contribution in [0.3, 0.4) is 0 Å². The zero-order chi connectivity index (χ0) is 15.6. The molecule has 1 aliphatic rings. The molecule has 0 amide bonds.